The Balaban J connectivity index is 1.20. The van der Waals surface area contributed by atoms with Gasteiger partial charge in [0.15, 0.2) is 5.82 Å². The van der Waals surface area contributed by atoms with Gasteiger partial charge in [-0.05, 0) is 60.9 Å². The Kier molecular flexibility index (Phi) is 7.47. The molecule has 0 bridgehead atoms. The number of carboxylic acid groups (broad SMARTS) is 1. The van der Waals surface area contributed by atoms with Crippen molar-refractivity contribution in [2.75, 3.05) is 5.32 Å². The number of carboxylic acids is 1. The van der Waals surface area contributed by atoms with Gasteiger partial charge in [-0.3, -0.25) is 4.79 Å². The van der Waals surface area contributed by atoms with E-state index < -0.39 is 11.4 Å². The van der Waals surface area contributed by atoms with Crippen molar-refractivity contribution < 1.29 is 24.2 Å². The topological polar surface area (TPSA) is 111 Å². The number of ether oxygens (including phenoxy) is 2. The average Bonchev–Trinajstić information content (AvgIpc) is 3.70. The lowest BCUT2D eigenvalue weighted by atomic mass is 10.1. The van der Waals surface area contributed by atoms with Crippen molar-refractivity contribution in [3.8, 4) is 22.9 Å². The third-order valence-corrected chi connectivity index (χ3v) is 6.75. The highest BCUT2D eigenvalue weighted by Gasteiger charge is 2.45. The molecule has 39 heavy (non-hydrogen) atoms. The van der Waals surface area contributed by atoms with Crippen molar-refractivity contribution >= 4 is 29.2 Å². The molecule has 0 saturated heterocycles. The standard InChI is InChI=1S/C30H26ClN3O5/c1-30(10-11-30)29(37)34-26-9-8-24(14-25(26)28(35)36)39-18-20-15-32-27(33-16-20)21-5-3-7-23(13-21)38-17-19-4-2-6-22(31)12-19/h2-9,12-16H,10-11,17-18H2,1H3,(H,34,37)(H,35,36). The van der Waals surface area contributed by atoms with Crippen LogP contribution in [-0.4, -0.2) is 27.0 Å². The van der Waals surface area contributed by atoms with E-state index in [0.717, 1.165) is 24.0 Å². The van der Waals surface area contributed by atoms with Gasteiger partial charge in [0.1, 0.15) is 24.7 Å². The number of benzene rings is 3. The number of hydrogen-bond donors (Lipinski definition) is 2. The van der Waals surface area contributed by atoms with E-state index in [1.54, 1.807) is 24.5 Å². The van der Waals surface area contributed by atoms with Crippen molar-refractivity contribution in [1.29, 1.82) is 0 Å². The second-order valence-electron chi connectivity index (χ2n) is 9.68. The number of nitrogens with one attached hydrogen (secondary N) is 1. The first kappa shape index (κ1) is 26.2. The van der Waals surface area contributed by atoms with Gasteiger partial charge in [-0.2, -0.15) is 0 Å². The highest BCUT2D eigenvalue weighted by atomic mass is 35.5. The first-order chi connectivity index (χ1) is 18.8. The van der Waals surface area contributed by atoms with Crippen molar-refractivity contribution in [2.45, 2.75) is 33.0 Å². The van der Waals surface area contributed by atoms with Gasteiger partial charge in [-0.25, -0.2) is 14.8 Å². The van der Waals surface area contributed by atoms with Crippen LogP contribution in [0.15, 0.2) is 79.1 Å². The normalized spacial score (nSPS) is 13.4. The van der Waals surface area contributed by atoms with Gasteiger partial charge >= 0.3 is 5.97 Å². The number of aromatic nitrogens is 2. The SMILES string of the molecule is CC1(C(=O)Nc2ccc(OCc3cnc(-c4cccc(OCc5cccc(Cl)c5)c4)nc3)cc2C(=O)O)CC1. The summed E-state index contributed by atoms with van der Waals surface area (Å²) in [5.41, 5.74) is 2.28. The van der Waals surface area contributed by atoms with Gasteiger partial charge in [0, 0.05) is 34.0 Å². The molecule has 1 heterocycles. The number of anilines is 1. The Bertz CT molecular complexity index is 1520. The zero-order valence-electron chi connectivity index (χ0n) is 21.2. The van der Waals surface area contributed by atoms with E-state index in [0.29, 0.717) is 34.5 Å². The van der Waals surface area contributed by atoms with Gasteiger partial charge < -0.3 is 19.9 Å². The first-order valence-corrected chi connectivity index (χ1v) is 12.8. The number of rotatable bonds is 10. The maximum atomic E-state index is 12.4. The molecule has 1 amide bonds. The van der Waals surface area contributed by atoms with Crippen LogP contribution in [-0.2, 0) is 18.0 Å². The number of nitrogens with zero attached hydrogens (tertiary/aromatic N) is 2. The van der Waals surface area contributed by atoms with Crippen molar-refractivity contribution in [3.63, 3.8) is 0 Å². The highest BCUT2D eigenvalue weighted by molar-refractivity contribution is 6.30. The molecule has 0 atom stereocenters. The Labute approximate surface area is 230 Å². The van der Waals surface area contributed by atoms with Crippen molar-refractivity contribution in [2.24, 2.45) is 5.41 Å². The quantitative estimate of drug-likeness (QED) is 0.238. The van der Waals surface area contributed by atoms with Gasteiger partial charge in [-0.15, -0.1) is 0 Å². The molecule has 8 nitrogen and oxygen atoms in total. The molecule has 0 spiro atoms. The van der Waals surface area contributed by atoms with Crippen molar-refractivity contribution in [1.82, 2.24) is 9.97 Å². The molecular formula is C30H26ClN3O5. The van der Waals surface area contributed by atoms with Crippen molar-refractivity contribution in [3.05, 3.63) is 101 Å². The predicted octanol–water partition coefficient (Wildman–Crippen LogP) is 6.39. The van der Waals surface area contributed by atoms with Crippen LogP contribution >= 0.6 is 11.6 Å². The zero-order valence-corrected chi connectivity index (χ0v) is 21.9. The molecule has 1 fully saturated rings. The molecule has 1 saturated carbocycles. The number of hydrogen-bond acceptors (Lipinski definition) is 6. The molecule has 0 aliphatic heterocycles. The number of halogens is 1. The molecule has 0 radical (unpaired) electrons. The molecule has 3 aromatic carbocycles. The lowest BCUT2D eigenvalue weighted by molar-refractivity contribution is -0.120. The van der Waals surface area contributed by atoms with Gasteiger partial charge in [0.25, 0.3) is 0 Å². The van der Waals surface area contributed by atoms with Crippen LogP contribution < -0.4 is 14.8 Å². The lowest BCUT2D eigenvalue weighted by Crippen LogP contribution is -2.22. The number of carbonyl (C=O) groups excluding carboxylic acids is 1. The summed E-state index contributed by atoms with van der Waals surface area (Å²) in [4.78, 5) is 33.0. The predicted molar refractivity (Wildman–Crippen MR) is 147 cm³/mol. The molecule has 1 aromatic heterocycles. The summed E-state index contributed by atoms with van der Waals surface area (Å²) in [5.74, 6) is 0.252. The zero-order chi connectivity index (χ0) is 27.4. The number of amides is 1. The molecule has 1 aliphatic carbocycles. The molecule has 4 aromatic rings. The molecule has 1 aliphatic rings. The van der Waals surface area contributed by atoms with E-state index in [2.05, 4.69) is 15.3 Å². The summed E-state index contributed by atoms with van der Waals surface area (Å²) in [5, 5.41) is 13.0. The average molecular weight is 544 g/mol. The van der Waals surface area contributed by atoms with E-state index in [1.165, 1.54) is 6.07 Å². The Hall–Kier alpha value is -4.43. The van der Waals surface area contributed by atoms with Crippen LogP contribution in [0.3, 0.4) is 0 Å². The monoisotopic (exact) mass is 543 g/mol. The smallest absolute Gasteiger partial charge is 0.337 e. The minimum Gasteiger partial charge on any atom is -0.489 e. The van der Waals surface area contributed by atoms with E-state index >= 15 is 0 Å². The maximum absolute atomic E-state index is 12.4. The van der Waals surface area contributed by atoms with Gasteiger partial charge in [0.2, 0.25) is 5.91 Å². The fraction of sp³-hybridized carbons (Fsp3) is 0.200. The number of carbonyl (C=O) groups is 2. The summed E-state index contributed by atoms with van der Waals surface area (Å²) in [7, 11) is 0. The molecule has 9 heteroatoms. The minimum absolute atomic E-state index is 0.0332. The van der Waals surface area contributed by atoms with E-state index in [9.17, 15) is 14.7 Å². The molecule has 2 N–H and O–H groups in total. The molecule has 0 unspecified atom stereocenters. The Morgan fingerprint density at radius 2 is 1.62 bits per heavy atom. The third-order valence-electron chi connectivity index (χ3n) is 6.52. The molecule has 5 rings (SSSR count). The highest BCUT2D eigenvalue weighted by Crippen LogP contribution is 2.46. The molecular weight excluding hydrogens is 518 g/mol. The van der Waals surface area contributed by atoms with E-state index in [4.69, 9.17) is 21.1 Å². The minimum atomic E-state index is -1.15. The first-order valence-electron chi connectivity index (χ1n) is 12.4. The third kappa shape index (κ3) is 6.53. The summed E-state index contributed by atoms with van der Waals surface area (Å²) in [6.45, 7) is 2.39. The Morgan fingerprint density at radius 1 is 0.923 bits per heavy atom. The summed E-state index contributed by atoms with van der Waals surface area (Å²) >= 11 is 6.04. The van der Waals surface area contributed by atoms with E-state index in [1.807, 2.05) is 55.5 Å². The summed E-state index contributed by atoms with van der Waals surface area (Å²) in [6.07, 6.45) is 4.91. The summed E-state index contributed by atoms with van der Waals surface area (Å²) < 4.78 is 11.7. The van der Waals surface area contributed by atoms with Gasteiger partial charge in [0.05, 0.1) is 11.3 Å². The Morgan fingerprint density at radius 3 is 2.31 bits per heavy atom. The maximum Gasteiger partial charge on any atom is 0.337 e. The van der Waals surface area contributed by atoms with Crippen LogP contribution in [0.5, 0.6) is 11.5 Å². The van der Waals surface area contributed by atoms with Crippen LogP contribution in [0.25, 0.3) is 11.4 Å². The van der Waals surface area contributed by atoms with E-state index in [-0.39, 0.29) is 23.8 Å². The van der Waals surface area contributed by atoms with Crippen LogP contribution in [0.2, 0.25) is 5.02 Å². The van der Waals surface area contributed by atoms with Crippen LogP contribution in [0, 0.1) is 5.41 Å². The summed E-state index contributed by atoms with van der Waals surface area (Å²) in [6, 6.07) is 19.6. The largest absolute Gasteiger partial charge is 0.489 e. The molecule has 198 valence electrons. The lowest BCUT2D eigenvalue weighted by Gasteiger charge is -2.14. The fourth-order valence-electron chi connectivity index (χ4n) is 3.85. The second kappa shape index (κ2) is 11.1. The van der Waals surface area contributed by atoms with Crippen LogP contribution in [0.1, 0.15) is 41.3 Å². The van der Waals surface area contributed by atoms with Crippen LogP contribution in [0.4, 0.5) is 5.69 Å². The van der Waals surface area contributed by atoms with Gasteiger partial charge in [-0.1, -0.05) is 42.8 Å². The second-order valence-corrected chi connectivity index (χ2v) is 10.1. The number of aromatic carboxylic acids is 1. The fourth-order valence-corrected chi connectivity index (χ4v) is 4.06.